The molecule has 0 saturated heterocycles. The number of ether oxygens (including phenoxy) is 3. The van der Waals surface area contributed by atoms with E-state index in [1.54, 1.807) is 30.3 Å². The van der Waals surface area contributed by atoms with Gasteiger partial charge in [-0.2, -0.15) is 9.97 Å². The Morgan fingerprint density at radius 2 is 1.20 bits per heavy atom. The molecule has 0 bridgehead atoms. The zero-order valence-electron chi connectivity index (χ0n) is 34.3. The van der Waals surface area contributed by atoms with Gasteiger partial charge in [0.25, 0.3) is 11.8 Å². The van der Waals surface area contributed by atoms with E-state index >= 15 is 0 Å². The molecule has 310 valence electrons. The Morgan fingerprint density at radius 3 is 1.67 bits per heavy atom. The summed E-state index contributed by atoms with van der Waals surface area (Å²) >= 11 is 0. The molecule has 0 aliphatic heterocycles. The normalized spacial score (nSPS) is 14.6. The first-order chi connectivity index (χ1) is 28.5. The van der Waals surface area contributed by atoms with E-state index < -0.39 is 0 Å². The molecule has 2 heterocycles. The highest BCUT2D eigenvalue weighted by Crippen LogP contribution is 2.41. The fourth-order valence-corrected chi connectivity index (χ4v) is 7.13. The van der Waals surface area contributed by atoms with Crippen molar-refractivity contribution in [1.82, 2.24) is 20.3 Å². The lowest BCUT2D eigenvalue weighted by molar-refractivity contribution is -0.146. The van der Waals surface area contributed by atoms with Crippen molar-refractivity contribution < 1.29 is 28.1 Å². The smallest absolute Gasteiger partial charge is 0.303 e. The van der Waals surface area contributed by atoms with Crippen molar-refractivity contribution in [2.24, 2.45) is 5.73 Å². The van der Waals surface area contributed by atoms with Gasteiger partial charge >= 0.3 is 5.97 Å². The average molecular weight is 810 g/mol. The summed E-state index contributed by atoms with van der Waals surface area (Å²) in [7, 11) is 0. The van der Waals surface area contributed by atoms with E-state index in [-0.39, 0.29) is 37.7 Å². The molecule has 0 fully saturated rings. The summed E-state index contributed by atoms with van der Waals surface area (Å²) in [6.07, 6.45) is 3.10. The molecule has 2 atom stereocenters. The van der Waals surface area contributed by atoms with E-state index in [1.165, 1.54) is 12.5 Å². The number of hydrogen-bond donors (Lipinski definition) is 1. The molecule has 0 unspecified atom stereocenters. The van der Waals surface area contributed by atoms with Crippen LogP contribution in [-0.4, -0.2) is 38.5 Å². The minimum atomic E-state index is -0.291. The number of nitrogens with zero attached hydrogens (tertiary/aromatic N) is 6. The minimum Gasteiger partial charge on any atom is -0.502 e. The molecule has 2 aliphatic rings. The van der Waals surface area contributed by atoms with Crippen LogP contribution in [0.2, 0.25) is 0 Å². The van der Waals surface area contributed by atoms with Crippen LogP contribution in [0.25, 0.3) is 55.4 Å². The highest BCUT2D eigenvalue weighted by molar-refractivity contribution is 5.72. The molecule has 13 heteroatoms. The van der Waals surface area contributed by atoms with Crippen molar-refractivity contribution >= 4 is 17.3 Å². The highest BCUT2D eigenvalue weighted by Gasteiger charge is 2.29. The van der Waals surface area contributed by atoms with Crippen molar-refractivity contribution in [2.75, 3.05) is 0 Å². The molecule has 0 spiro atoms. The quantitative estimate of drug-likeness (QED) is 0.109. The van der Waals surface area contributed by atoms with Gasteiger partial charge in [-0.1, -0.05) is 68.0 Å². The maximum absolute atomic E-state index is 11.4. The zero-order chi connectivity index (χ0) is 42.2. The van der Waals surface area contributed by atoms with Gasteiger partial charge in [-0.15, -0.1) is 0 Å². The van der Waals surface area contributed by atoms with E-state index in [0.717, 1.165) is 53.5 Å². The van der Waals surface area contributed by atoms with Crippen molar-refractivity contribution in [3.05, 3.63) is 118 Å². The first-order valence-corrected chi connectivity index (χ1v) is 19.7. The maximum atomic E-state index is 11.4. The van der Waals surface area contributed by atoms with Crippen LogP contribution in [0.1, 0.15) is 103 Å². The fourth-order valence-electron chi connectivity index (χ4n) is 7.13. The molecule has 6 aromatic rings. The summed E-state index contributed by atoms with van der Waals surface area (Å²) in [5.41, 5.74) is 14.6. The second kappa shape index (κ2) is 19.7. The standard InChI is InChI=1S/C23H21N3O4.C21H20N4O2.C2H6.CH4/c1-13(2)28-21-10-8-15(12-19(21)24-4)23-25-22(26-30-23)18-7-5-6-17-16(18)9-11-20(17)29-14(3)27;1-12(2)26-19-10-7-13(11-18(19)23-3)21-24-20(25-27-21)16-6-4-5-15-14(16)8-9-17(15)22;1-2;/h5-8,10,12-13,20H,9,11H2,1-3H3;4-7,10-12,17H,8-9,22H2,1-2H3;1-2H3;1H4/t20-;17-;;/m11../s1. The number of esters is 1. The van der Waals surface area contributed by atoms with Crippen molar-refractivity contribution in [1.29, 1.82) is 0 Å². The van der Waals surface area contributed by atoms with Crippen LogP contribution in [0.5, 0.6) is 11.5 Å². The Hall–Kier alpha value is -6.83. The Balaban J connectivity index is 0.000000216. The predicted molar refractivity (Wildman–Crippen MR) is 231 cm³/mol. The van der Waals surface area contributed by atoms with E-state index in [4.69, 9.17) is 42.1 Å². The lowest BCUT2D eigenvalue weighted by atomic mass is 10.0. The third-order valence-corrected chi connectivity index (χ3v) is 9.55. The molecule has 0 radical (unpaired) electrons. The third-order valence-electron chi connectivity index (χ3n) is 9.55. The van der Waals surface area contributed by atoms with Gasteiger partial charge in [-0.25, -0.2) is 9.69 Å². The SMILES string of the molecule is C.CC.[C-]#[N+]c1cc(-c2nc(-c3cccc4c3CC[C@H]4N)no2)ccc1OC(C)C.[C-]#[N+]c1cc(-c2nc(-c3cccc4c3CC[C@H]4OC(C)=O)no2)ccc1OC(C)C. The molecule has 13 nitrogen and oxygen atoms in total. The Bertz CT molecular complexity index is 2530. The fraction of sp³-hybridized carbons (Fsp3) is 0.340. The summed E-state index contributed by atoms with van der Waals surface area (Å²) in [5, 5.41) is 8.31. The van der Waals surface area contributed by atoms with Gasteiger partial charge in [-0.05, 0) is 112 Å². The van der Waals surface area contributed by atoms with Crippen LogP contribution < -0.4 is 15.2 Å². The molecule has 2 aliphatic carbocycles. The number of rotatable bonds is 9. The topological polar surface area (TPSA) is 157 Å². The minimum absolute atomic E-state index is 0. The van der Waals surface area contributed by atoms with E-state index in [9.17, 15) is 4.79 Å². The molecule has 4 aromatic carbocycles. The van der Waals surface area contributed by atoms with Gasteiger partial charge in [0.05, 0.1) is 25.4 Å². The van der Waals surface area contributed by atoms with Crippen LogP contribution in [-0.2, 0) is 22.4 Å². The molecule has 2 aromatic heterocycles. The number of fused-ring (bicyclic) bond motifs is 2. The molecule has 8 rings (SSSR count). The summed E-state index contributed by atoms with van der Waals surface area (Å²) < 4.78 is 27.7. The second-order valence-corrected chi connectivity index (χ2v) is 14.3. The number of hydrogen-bond acceptors (Lipinski definition) is 11. The lowest BCUT2D eigenvalue weighted by Crippen LogP contribution is -2.05. The summed E-state index contributed by atoms with van der Waals surface area (Å²) in [6, 6.07) is 22.5. The second-order valence-electron chi connectivity index (χ2n) is 14.3. The van der Waals surface area contributed by atoms with Gasteiger partial charge in [0.2, 0.25) is 23.0 Å². The van der Waals surface area contributed by atoms with Gasteiger partial charge < -0.3 is 29.0 Å². The molecule has 0 amide bonds. The van der Waals surface area contributed by atoms with Gasteiger partial charge in [0.15, 0.2) is 0 Å². The van der Waals surface area contributed by atoms with E-state index in [2.05, 4.69) is 36.0 Å². The number of benzene rings is 4. The van der Waals surface area contributed by atoms with Crippen LogP contribution in [0, 0.1) is 13.1 Å². The number of carbonyl (C=O) groups is 1. The van der Waals surface area contributed by atoms with Crippen molar-refractivity contribution in [3.8, 4) is 57.2 Å². The zero-order valence-corrected chi connectivity index (χ0v) is 34.3. The van der Waals surface area contributed by atoms with Crippen molar-refractivity contribution in [3.63, 3.8) is 0 Å². The Labute approximate surface area is 351 Å². The van der Waals surface area contributed by atoms with Gasteiger partial charge in [0.1, 0.15) is 17.6 Å². The number of nitrogens with two attached hydrogens (primary N) is 1. The summed E-state index contributed by atoms with van der Waals surface area (Å²) in [4.78, 5) is 27.6. The predicted octanol–water partition coefficient (Wildman–Crippen LogP) is 11.6. The van der Waals surface area contributed by atoms with E-state index in [0.29, 0.717) is 57.4 Å². The summed E-state index contributed by atoms with van der Waals surface area (Å²) in [5.74, 6) is 2.52. The van der Waals surface area contributed by atoms with E-state index in [1.807, 2.05) is 77.9 Å². The molecular formula is C47H51N7O6. The number of carbonyl (C=O) groups excluding carboxylic acids is 1. The molecule has 0 saturated carbocycles. The van der Waals surface area contributed by atoms with Gasteiger partial charge in [-0.3, -0.25) is 4.79 Å². The largest absolute Gasteiger partial charge is 0.502 e. The maximum Gasteiger partial charge on any atom is 0.303 e. The highest BCUT2D eigenvalue weighted by atomic mass is 16.5. The van der Waals surface area contributed by atoms with Crippen LogP contribution >= 0.6 is 0 Å². The third kappa shape index (κ3) is 9.71. The first-order valence-electron chi connectivity index (χ1n) is 19.7. The Morgan fingerprint density at radius 1 is 0.733 bits per heavy atom. The van der Waals surface area contributed by atoms with Crippen molar-refractivity contribution in [2.45, 2.75) is 106 Å². The molecule has 2 N–H and O–H groups in total. The molecule has 60 heavy (non-hydrogen) atoms. The number of aromatic nitrogens is 4. The Kier molecular flexibility index (Phi) is 14.6. The van der Waals surface area contributed by atoms with Crippen LogP contribution in [0.4, 0.5) is 11.4 Å². The average Bonchev–Trinajstić information content (AvgIpc) is 4.07. The summed E-state index contributed by atoms with van der Waals surface area (Å²) in [6.45, 7) is 27.9. The molecular weight excluding hydrogens is 759 g/mol. The van der Waals surface area contributed by atoms with Crippen LogP contribution in [0.15, 0.2) is 81.8 Å². The monoisotopic (exact) mass is 809 g/mol. The van der Waals surface area contributed by atoms with Crippen LogP contribution in [0.3, 0.4) is 0 Å². The van der Waals surface area contributed by atoms with Gasteiger partial charge in [0, 0.05) is 35.2 Å². The first kappa shape index (κ1) is 44.3. The lowest BCUT2D eigenvalue weighted by Gasteiger charge is -2.12.